The van der Waals surface area contributed by atoms with Gasteiger partial charge in [-0.25, -0.2) is 0 Å². The van der Waals surface area contributed by atoms with Gasteiger partial charge in [-0.05, 0) is 58.1 Å². The van der Waals surface area contributed by atoms with E-state index < -0.39 is 0 Å². The highest BCUT2D eigenvalue weighted by atomic mass is 16.1. The number of Topliss-reactive ketones (excluding diaryl/α,β-unsaturated/α-hetero) is 1. The van der Waals surface area contributed by atoms with Gasteiger partial charge in [0.2, 0.25) is 0 Å². The summed E-state index contributed by atoms with van der Waals surface area (Å²) >= 11 is 0. The van der Waals surface area contributed by atoms with Crippen LogP contribution < -0.4 is 0 Å². The van der Waals surface area contributed by atoms with Crippen LogP contribution in [0.15, 0.2) is 6.07 Å². The topological polar surface area (TPSA) is 25.2 Å². The second-order valence-corrected chi connectivity index (χ2v) is 7.50. The molecule has 3 heteroatoms. The van der Waals surface area contributed by atoms with Crippen molar-refractivity contribution in [2.24, 2.45) is 5.92 Å². The third-order valence-corrected chi connectivity index (χ3v) is 5.58. The summed E-state index contributed by atoms with van der Waals surface area (Å²) in [7, 11) is 0. The molecule has 0 spiro atoms. The van der Waals surface area contributed by atoms with Crippen LogP contribution in [-0.4, -0.2) is 34.9 Å². The summed E-state index contributed by atoms with van der Waals surface area (Å²) in [5, 5.41) is 0. The Kier molecular flexibility index (Phi) is 4.72. The third kappa shape index (κ3) is 3.15. The molecule has 1 unspecified atom stereocenters. The number of nitrogens with zero attached hydrogens (tertiary/aromatic N) is 2. The number of carbonyl (C=O) groups excluding carboxylic acids is 1. The summed E-state index contributed by atoms with van der Waals surface area (Å²) in [5.41, 5.74) is 3.42. The Labute approximate surface area is 134 Å². The lowest BCUT2D eigenvalue weighted by molar-refractivity contribution is 0.0892. The van der Waals surface area contributed by atoms with E-state index in [1.807, 2.05) is 0 Å². The monoisotopic (exact) mass is 302 g/mol. The second-order valence-electron chi connectivity index (χ2n) is 7.50. The van der Waals surface area contributed by atoms with Crippen LogP contribution in [-0.2, 0) is 0 Å². The Bertz CT molecular complexity index is 540. The van der Waals surface area contributed by atoms with E-state index in [2.05, 4.69) is 36.3 Å². The molecular weight excluding hydrogens is 272 g/mol. The van der Waals surface area contributed by atoms with E-state index in [-0.39, 0.29) is 0 Å². The highest BCUT2D eigenvalue weighted by molar-refractivity contribution is 5.99. The number of ketones is 1. The molecule has 3 nitrogen and oxygen atoms in total. The molecule has 2 fully saturated rings. The molecule has 1 atom stereocenters. The number of piperidine rings is 1. The van der Waals surface area contributed by atoms with Crippen molar-refractivity contribution in [3.8, 4) is 0 Å². The third-order valence-electron chi connectivity index (χ3n) is 5.58. The molecule has 0 aromatic carbocycles. The Hall–Kier alpha value is -1.09. The van der Waals surface area contributed by atoms with Gasteiger partial charge in [-0.3, -0.25) is 9.69 Å². The Morgan fingerprint density at radius 2 is 1.91 bits per heavy atom. The van der Waals surface area contributed by atoms with E-state index in [1.165, 1.54) is 49.9 Å². The largest absolute Gasteiger partial charge is 0.345 e. The van der Waals surface area contributed by atoms with Gasteiger partial charge in [-0.2, -0.15) is 0 Å². The van der Waals surface area contributed by atoms with Gasteiger partial charge in [-0.1, -0.05) is 19.8 Å². The van der Waals surface area contributed by atoms with Gasteiger partial charge in [0, 0.05) is 29.5 Å². The van der Waals surface area contributed by atoms with Crippen LogP contribution in [0.1, 0.15) is 73.2 Å². The quantitative estimate of drug-likeness (QED) is 0.781. The summed E-state index contributed by atoms with van der Waals surface area (Å²) < 4.78 is 2.43. The van der Waals surface area contributed by atoms with E-state index in [4.69, 9.17) is 0 Å². The minimum atomic E-state index is 0.312. The molecule has 1 aromatic rings. The van der Waals surface area contributed by atoms with Gasteiger partial charge in [0.25, 0.3) is 0 Å². The first-order valence-corrected chi connectivity index (χ1v) is 9.00. The number of aromatic nitrogens is 1. The Balaban J connectivity index is 1.73. The first-order chi connectivity index (χ1) is 10.6. The van der Waals surface area contributed by atoms with Gasteiger partial charge in [0.1, 0.15) is 0 Å². The van der Waals surface area contributed by atoms with Gasteiger partial charge in [0.05, 0.1) is 6.54 Å². The lowest BCUT2D eigenvalue weighted by Gasteiger charge is -2.30. The number of aryl methyl sites for hydroxylation is 1. The maximum absolute atomic E-state index is 12.8. The maximum Gasteiger partial charge on any atom is 0.178 e. The normalized spacial score (nSPS) is 24.0. The standard InChI is InChI=1S/C19H30N2O/c1-14-7-6-10-20(12-14)13-19(22)18-11-15(2)21(16(18)3)17-8-4-5-9-17/h11,14,17H,4-10,12-13H2,1-3H3. The highest BCUT2D eigenvalue weighted by Crippen LogP contribution is 2.33. The van der Waals surface area contributed by atoms with Gasteiger partial charge < -0.3 is 4.57 Å². The fraction of sp³-hybridized carbons (Fsp3) is 0.737. The number of rotatable bonds is 4. The number of hydrogen-bond acceptors (Lipinski definition) is 2. The van der Waals surface area contributed by atoms with E-state index in [0.29, 0.717) is 18.4 Å². The molecule has 0 N–H and O–H groups in total. The van der Waals surface area contributed by atoms with Crippen molar-refractivity contribution in [2.45, 2.75) is 65.3 Å². The summed E-state index contributed by atoms with van der Waals surface area (Å²) in [6.45, 7) is 9.34. The number of likely N-dealkylation sites (tertiary alicyclic amines) is 1. The molecule has 2 heterocycles. The molecule has 1 saturated carbocycles. The number of hydrogen-bond donors (Lipinski definition) is 0. The fourth-order valence-electron chi connectivity index (χ4n) is 4.50. The van der Waals surface area contributed by atoms with Crippen molar-refractivity contribution in [1.29, 1.82) is 0 Å². The zero-order chi connectivity index (χ0) is 15.7. The molecule has 0 amide bonds. The summed E-state index contributed by atoms with van der Waals surface area (Å²) in [5.74, 6) is 1.04. The zero-order valence-corrected chi connectivity index (χ0v) is 14.4. The molecule has 1 saturated heterocycles. The zero-order valence-electron chi connectivity index (χ0n) is 14.4. The first-order valence-electron chi connectivity index (χ1n) is 9.00. The van der Waals surface area contributed by atoms with Crippen molar-refractivity contribution in [3.05, 3.63) is 23.0 Å². The Morgan fingerprint density at radius 1 is 1.18 bits per heavy atom. The summed E-state index contributed by atoms with van der Waals surface area (Å²) in [4.78, 5) is 15.1. The van der Waals surface area contributed by atoms with E-state index in [9.17, 15) is 4.79 Å². The molecule has 1 aliphatic heterocycles. The lowest BCUT2D eigenvalue weighted by atomic mass is 9.99. The van der Waals surface area contributed by atoms with Crippen molar-refractivity contribution >= 4 is 5.78 Å². The lowest BCUT2D eigenvalue weighted by Crippen LogP contribution is -2.38. The Morgan fingerprint density at radius 3 is 2.59 bits per heavy atom. The van der Waals surface area contributed by atoms with Crippen LogP contribution in [0.25, 0.3) is 0 Å². The molecule has 1 aromatic heterocycles. The van der Waals surface area contributed by atoms with E-state index >= 15 is 0 Å². The van der Waals surface area contributed by atoms with Gasteiger partial charge in [-0.15, -0.1) is 0 Å². The van der Waals surface area contributed by atoms with Crippen LogP contribution in [0.5, 0.6) is 0 Å². The van der Waals surface area contributed by atoms with Crippen LogP contribution in [0.4, 0.5) is 0 Å². The predicted octanol–water partition coefficient (Wildman–Crippen LogP) is 4.13. The molecule has 22 heavy (non-hydrogen) atoms. The fourth-order valence-corrected chi connectivity index (χ4v) is 4.50. The average molecular weight is 302 g/mol. The SMILES string of the molecule is Cc1cc(C(=O)CN2CCCC(C)C2)c(C)n1C1CCCC1. The van der Waals surface area contributed by atoms with Crippen molar-refractivity contribution in [2.75, 3.05) is 19.6 Å². The summed E-state index contributed by atoms with van der Waals surface area (Å²) in [6, 6.07) is 2.75. The summed E-state index contributed by atoms with van der Waals surface area (Å²) in [6.07, 6.45) is 7.74. The minimum absolute atomic E-state index is 0.312. The van der Waals surface area contributed by atoms with Crippen LogP contribution >= 0.6 is 0 Å². The highest BCUT2D eigenvalue weighted by Gasteiger charge is 2.25. The van der Waals surface area contributed by atoms with Crippen molar-refractivity contribution in [1.82, 2.24) is 9.47 Å². The van der Waals surface area contributed by atoms with Gasteiger partial charge >= 0.3 is 0 Å². The van der Waals surface area contributed by atoms with Crippen molar-refractivity contribution in [3.63, 3.8) is 0 Å². The number of carbonyl (C=O) groups is 1. The van der Waals surface area contributed by atoms with Crippen LogP contribution in [0.3, 0.4) is 0 Å². The predicted molar refractivity (Wildman–Crippen MR) is 90.6 cm³/mol. The molecule has 0 bridgehead atoms. The van der Waals surface area contributed by atoms with Crippen LogP contribution in [0.2, 0.25) is 0 Å². The van der Waals surface area contributed by atoms with Crippen LogP contribution in [0, 0.1) is 19.8 Å². The van der Waals surface area contributed by atoms with Gasteiger partial charge in [0.15, 0.2) is 5.78 Å². The smallest absolute Gasteiger partial charge is 0.178 e. The molecule has 2 aliphatic rings. The molecule has 0 radical (unpaired) electrons. The van der Waals surface area contributed by atoms with E-state index in [1.54, 1.807) is 0 Å². The van der Waals surface area contributed by atoms with Crippen molar-refractivity contribution < 1.29 is 4.79 Å². The second kappa shape index (κ2) is 6.57. The van der Waals surface area contributed by atoms with E-state index in [0.717, 1.165) is 24.6 Å². The first kappa shape index (κ1) is 15.8. The minimum Gasteiger partial charge on any atom is -0.345 e. The molecular formula is C19H30N2O. The average Bonchev–Trinajstić information content (AvgIpc) is 3.07. The maximum atomic E-state index is 12.8. The molecule has 3 rings (SSSR count). The molecule has 122 valence electrons. The molecule has 1 aliphatic carbocycles.